The van der Waals surface area contributed by atoms with Crippen LogP contribution in [0.1, 0.15) is 0 Å². The maximum Gasteiger partial charge on any atom is 0.149 e. The van der Waals surface area contributed by atoms with Crippen molar-refractivity contribution in [3.8, 4) is 11.5 Å². The van der Waals surface area contributed by atoms with E-state index in [0.717, 1.165) is 36.2 Å². The summed E-state index contributed by atoms with van der Waals surface area (Å²) < 4.78 is 11.4. The van der Waals surface area contributed by atoms with Crippen molar-refractivity contribution < 1.29 is 4.74 Å². The van der Waals surface area contributed by atoms with Gasteiger partial charge in [0.15, 0.2) is 0 Å². The van der Waals surface area contributed by atoms with Gasteiger partial charge in [0.2, 0.25) is 0 Å². The molecule has 5 rings (SSSR count). The van der Waals surface area contributed by atoms with Gasteiger partial charge in [0.1, 0.15) is 28.0 Å². The molecule has 182 valence electrons. The Morgan fingerprint density at radius 2 is 1.26 bits per heavy atom. The minimum absolute atomic E-state index is 0.851. The zero-order valence-corrected chi connectivity index (χ0v) is 23.7. The van der Waals surface area contributed by atoms with Gasteiger partial charge in [-0.25, -0.2) is 0 Å². The van der Waals surface area contributed by atoms with Crippen LogP contribution in [0.5, 0.6) is 11.5 Å². The van der Waals surface area contributed by atoms with Crippen LogP contribution in [0.15, 0.2) is 85.2 Å². The maximum atomic E-state index is 6.37. The lowest BCUT2D eigenvalue weighted by Crippen LogP contribution is -2.47. The van der Waals surface area contributed by atoms with Crippen LogP contribution in [0.3, 0.4) is 0 Å². The van der Waals surface area contributed by atoms with Crippen LogP contribution in [0.4, 0.5) is 22.7 Å². The summed E-state index contributed by atoms with van der Waals surface area (Å²) in [7, 11) is -2.88. The van der Waals surface area contributed by atoms with Crippen molar-refractivity contribution in [2.75, 3.05) is 27.7 Å². The van der Waals surface area contributed by atoms with Crippen molar-refractivity contribution in [2.24, 2.45) is 0 Å². The highest BCUT2D eigenvalue weighted by Gasteiger charge is 2.34. The molecular formula is C28H36N4OSi2. The monoisotopic (exact) mass is 500 g/mol. The number of nitrogens with zero attached hydrogens (tertiary/aromatic N) is 4. The first-order valence-corrected chi connectivity index (χ1v) is 19.2. The van der Waals surface area contributed by atoms with Crippen LogP contribution in [-0.2, 0) is 0 Å². The fourth-order valence-electron chi connectivity index (χ4n) is 4.61. The van der Waals surface area contributed by atoms with Gasteiger partial charge in [-0.05, 0) is 36.4 Å². The molecule has 0 fully saturated rings. The summed E-state index contributed by atoms with van der Waals surface area (Å²) in [5, 5.41) is 0. The second-order valence-electron chi connectivity index (χ2n) is 11.3. The number of hydrogen-bond acceptors (Lipinski definition) is 5. The molecule has 0 aliphatic carbocycles. The second kappa shape index (κ2) is 8.80. The quantitative estimate of drug-likeness (QED) is 0.324. The van der Waals surface area contributed by atoms with Crippen molar-refractivity contribution in [1.82, 2.24) is 4.57 Å². The molecule has 0 N–H and O–H groups in total. The fraction of sp³-hybridized carbons (Fsp3) is 0.286. The van der Waals surface area contributed by atoms with Crippen molar-refractivity contribution in [2.45, 2.75) is 39.3 Å². The molecule has 0 bridgehead atoms. The Kier molecular flexibility index (Phi) is 5.93. The van der Waals surface area contributed by atoms with Gasteiger partial charge in [-0.1, -0.05) is 63.5 Å². The van der Waals surface area contributed by atoms with E-state index in [1.165, 1.54) is 11.4 Å². The van der Waals surface area contributed by atoms with Crippen molar-refractivity contribution in [3.05, 3.63) is 85.2 Å². The molecule has 5 nitrogen and oxygen atoms in total. The van der Waals surface area contributed by atoms with Crippen molar-refractivity contribution >= 4 is 39.2 Å². The summed E-state index contributed by atoms with van der Waals surface area (Å²) in [6, 6.07) is 25.6. The molecular weight excluding hydrogens is 465 g/mol. The number of para-hydroxylation sites is 2. The zero-order chi connectivity index (χ0) is 24.8. The topological polar surface area (TPSA) is 22.2 Å². The van der Waals surface area contributed by atoms with E-state index in [1.807, 2.05) is 12.1 Å². The average Bonchev–Trinajstić information content (AvgIpc) is 3.45. The van der Waals surface area contributed by atoms with Crippen LogP contribution < -0.4 is 19.1 Å². The van der Waals surface area contributed by atoms with Crippen LogP contribution in [0.2, 0.25) is 39.3 Å². The molecule has 7 heteroatoms. The maximum absolute atomic E-state index is 6.37. The van der Waals surface area contributed by atoms with E-state index in [0.29, 0.717) is 0 Å². The summed E-state index contributed by atoms with van der Waals surface area (Å²) in [5.74, 6) is 1.70. The van der Waals surface area contributed by atoms with E-state index in [2.05, 4.69) is 131 Å². The van der Waals surface area contributed by atoms with Crippen molar-refractivity contribution in [3.63, 3.8) is 0 Å². The number of fused-ring (bicyclic) bond motifs is 1. The molecule has 2 aliphatic heterocycles. The third-order valence-electron chi connectivity index (χ3n) is 6.66. The molecule has 3 aromatic carbocycles. The summed E-state index contributed by atoms with van der Waals surface area (Å²) >= 11 is 0. The molecule has 2 heterocycles. The van der Waals surface area contributed by atoms with Gasteiger partial charge in [0.25, 0.3) is 0 Å². The van der Waals surface area contributed by atoms with Gasteiger partial charge < -0.3 is 23.7 Å². The number of benzene rings is 3. The normalized spacial score (nSPS) is 15.7. The van der Waals surface area contributed by atoms with Crippen LogP contribution in [0.25, 0.3) is 0 Å². The Balaban J connectivity index is 1.36. The summed E-state index contributed by atoms with van der Waals surface area (Å²) in [6.07, 6.45) is 4.40. The molecule has 2 aliphatic rings. The summed E-state index contributed by atoms with van der Waals surface area (Å²) in [6.45, 7) is 16.1. The van der Waals surface area contributed by atoms with E-state index in [4.69, 9.17) is 4.74 Å². The highest BCUT2D eigenvalue weighted by molar-refractivity contribution is 6.80. The Bertz CT molecular complexity index is 1250. The van der Waals surface area contributed by atoms with Gasteiger partial charge in [0.05, 0.1) is 24.7 Å². The molecule has 0 spiro atoms. The van der Waals surface area contributed by atoms with Gasteiger partial charge in [-0.3, -0.25) is 0 Å². The first-order valence-electron chi connectivity index (χ1n) is 12.3. The Hall–Kier alpha value is -3.17. The third kappa shape index (κ3) is 4.83. The molecule has 0 unspecified atom stereocenters. The lowest BCUT2D eigenvalue weighted by atomic mass is 10.2. The Morgan fingerprint density at radius 3 is 1.89 bits per heavy atom. The van der Waals surface area contributed by atoms with Gasteiger partial charge in [-0.2, -0.15) is 0 Å². The van der Waals surface area contributed by atoms with E-state index in [-0.39, 0.29) is 0 Å². The van der Waals surface area contributed by atoms with Gasteiger partial charge in [-0.15, -0.1) is 0 Å². The standard InChI is InChI=1S/C28H36N4OSi2/c1-34(2,3)30-18-17-29(21-30)23-11-9-13-25(19-23)33-26-14-10-12-24(20-26)31-22-32(35(4,5)6)28-16-8-7-15-27(28)31/h7-20H,21-22H2,1-6H3. The Morgan fingerprint density at radius 1 is 0.629 bits per heavy atom. The number of anilines is 4. The average molecular weight is 501 g/mol. The van der Waals surface area contributed by atoms with Gasteiger partial charge in [0, 0.05) is 35.9 Å². The summed E-state index contributed by atoms with van der Waals surface area (Å²) in [5.41, 5.74) is 4.90. The van der Waals surface area contributed by atoms with E-state index < -0.39 is 16.5 Å². The summed E-state index contributed by atoms with van der Waals surface area (Å²) in [4.78, 5) is 4.69. The highest BCUT2D eigenvalue weighted by Crippen LogP contribution is 2.43. The highest BCUT2D eigenvalue weighted by atomic mass is 28.3. The SMILES string of the molecule is C[Si](C)(C)N1C=CN(c2cccc(Oc3cccc(N4CN([Si](C)(C)C)c5ccccc54)c3)c2)C1. The van der Waals surface area contributed by atoms with Crippen molar-refractivity contribution in [1.29, 1.82) is 0 Å². The number of rotatable bonds is 6. The largest absolute Gasteiger partial charge is 0.457 e. The van der Waals surface area contributed by atoms with E-state index >= 15 is 0 Å². The molecule has 0 atom stereocenters. The molecule has 0 radical (unpaired) electrons. The van der Waals surface area contributed by atoms with E-state index in [1.54, 1.807) is 0 Å². The number of hydrogen-bond donors (Lipinski definition) is 0. The lowest BCUT2D eigenvalue weighted by molar-refractivity contribution is 0.482. The van der Waals surface area contributed by atoms with Crippen LogP contribution in [0, 0.1) is 0 Å². The molecule has 0 saturated carbocycles. The molecule has 0 saturated heterocycles. The molecule has 0 aromatic heterocycles. The second-order valence-corrected chi connectivity index (χ2v) is 21.1. The Labute approximate surface area is 212 Å². The smallest absolute Gasteiger partial charge is 0.149 e. The predicted molar refractivity (Wildman–Crippen MR) is 154 cm³/mol. The number of ether oxygens (including phenoxy) is 1. The zero-order valence-electron chi connectivity index (χ0n) is 21.7. The minimum atomic E-state index is -1.51. The lowest BCUT2D eigenvalue weighted by Gasteiger charge is -2.32. The molecule has 35 heavy (non-hydrogen) atoms. The van der Waals surface area contributed by atoms with E-state index in [9.17, 15) is 0 Å². The van der Waals surface area contributed by atoms with Crippen LogP contribution >= 0.6 is 0 Å². The van der Waals surface area contributed by atoms with Crippen LogP contribution in [-0.4, -0.2) is 34.4 Å². The minimum Gasteiger partial charge on any atom is -0.457 e. The fourth-order valence-corrected chi connectivity index (χ4v) is 7.18. The third-order valence-corrected chi connectivity index (χ3v) is 10.7. The first-order chi connectivity index (χ1) is 16.6. The molecule has 0 amide bonds. The molecule has 3 aromatic rings. The predicted octanol–water partition coefficient (Wildman–Crippen LogP) is 7.62. The van der Waals surface area contributed by atoms with Gasteiger partial charge >= 0.3 is 0 Å². The first kappa shape index (κ1) is 23.6.